The molecule has 1 fully saturated rings. The lowest BCUT2D eigenvalue weighted by atomic mass is 10.1. The molecule has 2 aromatic rings. The number of thiazole rings is 1. The molecule has 132 valence electrons. The summed E-state index contributed by atoms with van der Waals surface area (Å²) in [5, 5.41) is 6.07. The smallest absolute Gasteiger partial charge is 0.263 e. The zero-order chi connectivity index (χ0) is 17.8. The minimum atomic E-state index is -0.0924. The Labute approximate surface area is 150 Å². The van der Waals surface area contributed by atoms with Crippen LogP contribution in [0.5, 0.6) is 5.75 Å². The fourth-order valence-electron chi connectivity index (χ4n) is 3.12. The van der Waals surface area contributed by atoms with Crippen molar-refractivity contribution in [3.05, 3.63) is 45.9 Å². The summed E-state index contributed by atoms with van der Waals surface area (Å²) in [7, 11) is 1.61. The molecule has 1 aromatic carbocycles. The van der Waals surface area contributed by atoms with Gasteiger partial charge < -0.3 is 15.4 Å². The summed E-state index contributed by atoms with van der Waals surface area (Å²) in [6.45, 7) is 1.91. The molecule has 2 atom stereocenters. The standard InChI is InChI=1S/C18H21N3O3S/c1-11-7-12(3-6-15(11)24-2)17(22)20-13-4-5-14(8-13)21-18(23)16-9-19-10-25-16/h3,6-7,9-10,13-14H,4-5,8H2,1-2H3,(H,20,22)(H,21,23)/t13-,14+/m1/s1. The Bertz CT molecular complexity index is 761. The zero-order valence-corrected chi connectivity index (χ0v) is 15.1. The molecule has 0 spiro atoms. The predicted octanol–water partition coefficient (Wildman–Crippen LogP) is 2.54. The van der Waals surface area contributed by atoms with E-state index in [0.717, 1.165) is 30.6 Å². The van der Waals surface area contributed by atoms with Gasteiger partial charge in [0, 0.05) is 17.6 Å². The van der Waals surface area contributed by atoms with E-state index in [1.165, 1.54) is 11.3 Å². The minimum absolute atomic E-state index is 0.0710. The lowest BCUT2D eigenvalue weighted by Gasteiger charge is -2.15. The van der Waals surface area contributed by atoms with Gasteiger partial charge in [-0.15, -0.1) is 11.3 Å². The molecule has 1 aliphatic carbocycles. The topological polar surface area (TPSA) is 80.3 Å². The van der Waals surface area contributed by atoms with Gasteiger partial charge in [-0.25, -0.2) is 0 Å². The highest BCUT2D eigenvalue weighted by Gasteiger charge is 2.27. The van der Waals surface area contributed by atoms with Gasteiger partial charge in [-0.1, -0.05) is 0 Å². The van der Waals surface area contributed by atoms with E-state index >= 15 is 0 Å². The number of aryl methyl sites for hydroxylation is 1. The van der Waals surface area contributed by atoms with Crippen LogP contribution in [0.25, 0.3) is 0 Å². The quantitative estimate of drug-likeness (QED) is 0.860. The maximum absolute atomic E-state index is 12.4. The van der Waals surface area contributed by atoms with Crippen LogP contribution in [0.15, 0.2) is 29.9 Å². The lowest BCUT2D eigenvalue weighted by molar-refractivity contribution is 0.0937. The Balaban J connectivity index is 1.53. The maximum atomic E-state index is 12.4. The first-order valence-corrected chi connectivity index (χ1v) is 9.09. The zero-order valence-electron chi connectivity index (χ0n) is 14.2. The first kappa shape index (κ1) is 17.4. The number of methoxy groups -OCH3 is 1. The molecule has 1 aliphatic rings. The second-order valence-corrected chi connectivity index (χ2v) is 7.09. The van der Waals surface area contributed by atoms with Crippen LogP contribution >= 0.6 is 11.3 Å². The number of hydrogen-bond donors (Lipinski definition) is 2. The highest BCUT2D eigenvalue weighted by molar-refractivity contribution is 7.11. The van der Waals surface area contributed by atoms with Gasteiger partial charge in [-0.05, 0) is 49.9 Å². The molecule has 25 heavy (non-hydrogen) atoms. The van der Waals surface area contributed by atoms with E-state index in [4.69, 9.17) is 4.74 Å². The molecule has 1 saturated carbocycles. The van der Waals surface area contributed by atoms with Crippen molar-refractivity contribution in [3.63, 3.8) is 0 Å². The molecule has 0 saturated heterocycles. The first-order valence-electron chi connectivity index (χ1n) is 8.21. The summed E-state index contributed by atoms with van der Waals surface area (Å²) in [6, 6.07) is 5.54. The molecule has 0 radical (unpaired) electrons. The molecule has 0 bridgehead atoms. The molecule has 3 rings (SSSR count). The van der Waals surface area contributed by atoms with E-state index in [2.05, 4.69) is 15.6 Å². The van der Waals surface area contributed by atoms with Crippen LogP contribution in [0.2, 0.25) is 0 Å². The number of ether oxygens (including phenoxy) is 1. The summed E-state index contributed by atoms with van der Waals surface area (Å²) in [5.74, 6) is 0.582. The fourth-order valence-corrected chi connectivity index (χ4v) is 3.64. The van der Waals surface area contributed by atoms with Crippen LogP contribution in [0.3, 0.4) is 0 Å². The second-order valence-electron chi connectivity index (χ2n) is 6.20. The third-order valence-electron chi connectivity index (χ3n) is 4.42. The number of benzene rings is 1. The van der Waals surface area contributed by atoms with Crippen molar-refractivity contribution < 1.29 is 14.3 Å². The molecule has 2 amide bonds. The number of carbonyl (C=O) groups is 2. The highest BCUT2D eigenvalue weighted by Crippen LogP contribution is 2.22. The number of hydrogen-bond acceptors (Lipinski definition) is 5. The SMILES string of the molecule is COc1ccc(C(=O)N[C@@H]2CC[C@H](NC(=O)c3cncs3)C2)cc1C. The number of aromatic nitrogens is 1. The van der Waals surface area contributed by atoms with Gasteiger partial charge in [-0.2, -0.15) is 0 Å². The van der Waals surface area contributed by atoms with Crippen molar-refractivity contribution in [3.8, 4) is 5.75 Å². The van der Waals surface area contributed by atoms with Gasteiger partial charge in [0.05, 0.1) is 18.8 Å². The fraction of sp³-hybridized carbons (Fsp3) is 0.389. The average Bonchev–Trinajstić information content (AvgIpc) is 3.26. The molecule has 0 unspecified atom stereocenters. The molecule has 0 aliphatic heterocycles. The van der Waals surface area contributed by atoms with Crippen molar-refractivity contribution in [1.82, 2.24) is 15.6 Å². The summed E-state index contributed by atoms with van der Waals surface area (Å²) in [6.07, 6.45) is 4.03. The Hall–Kier alpha value is -2.41. The molecule has 6 nitrogen and oxygen atoms in total. The van der Waals surface area contributed by atoms with E-state index in [-0.39, 0.29) is 23.9 Å². The van der Waals surface area contributed by atoms with Gasteiger partial charge in [0.25, 0.3) is 11.8 Å². The summed E-state index contributed by atoms with van der Waals surface area (Å²) >= 11 is 1.32. The minimum Gasteiger partial charge on any atom is -0.496 e. The van der Waals surface area contributed by atoms with Crippen molar-refractivity contribution >= 4 is 23.2 Å². The van der Waals surface area contributed by atoms with Gasteiger partial charge in [0.1, 0.15) is 10.6 Å². The number of amides is 2. The highest BCUT2D eigenvalue weighted by atomic mass is 32.1. The van der Waals surface area contributed by atoms with Gasteiger partial charge >= 0.3 is 0 Å². The molecule has 7 heteroatoms. The normalized spacial score (nSPS) is 19.4. The van der Waals surface area contributed by atoms with Gasteiger partial charge in [0.2, 0.25) is 0 Å². The van der Waals surface area contributed by atoms with Crippen LogP contribution in [-0.4, -0.2) is 36.0 Å². The summed E-state index contributed by atoms with van der Waals surface area (Å²) in [4.78, 5) is 29.0. The van der Waals surface area contributed by atoms with Crippen LogP contribution in [0.1, 0.15) is 44.9 Å². The maximum Gasteiger partial charge on any atom is 0.263 e. The lowest BCUT2D eigenvalue weighted by Crippen LogP contribution is -2.37. The molecular formula is C18H21N3O3S. The Morgan fingerprint density at radius 1 is 1.20 bits per heavy atom. The Morgan fingerprint density at radius 2 is 1.92 bits per heavy atom. The predicted molar refractivity (Wildman–Crippen MR) is 96.2 cm³/mol. The van der Waals surface area contributed by atoms with Crippen LogP contribution in [0, 0.1) is 6.92 Å². The molecule has 2 N–H and O–H groups in total. The van der Waals surface area contributed by atoms with E-state index in [9.17, 15) is 9.59 Å². The second kappa shape index (κ2) is 7.65. The Morgan fingerprint density at radius 3 is 2.52 bits per heavy atom. The van der Waals surface area contributed by atoms with Crippen molar-refractivity contribution in [2.75, 3.05) is 7.11 Å². The number of rotatable bonds is 5. The third kappa shape index (κ3) is 4.17. The van der Waals surface area contributed by atoms with Crippen molar-refractivity contribution in [2.45, 2.75) is 38.3 Å². The summed E-state index contributed by atoms with van der Waals surface area (Å²) in [5.41, 5.74) is 3.19. The molecule has 1 heterocycles. The van der Waals surface area contributed by atoms with Crippen LogP contribution in [0.4, 0.5) is 0 Å². The van der Waals surface area contributed by atoms with Gasteiger partial charge in [0.15, 0.2) is 0 Å². The average molecular weight is 359 g/mol. The summed E-state index contributed by atoms with van der Waals surface area (Å²) < 4.78 is 5.22. The Kier molecular flexibility index (Phi) is 5.33. The monoisotopic (exact) mass is 359 g/mol. The molecule has 1 aromatic heterocycles. The van der Waals surface area contributed by atoms with Gasteiger partial charge in [-0.3, -0.25) is 14.6 Å². The van der Waals surface area contributed by atoms with E-state index in [1.807, 2.05) is 13.0 Å². The van der Waals surface area contributed by atoms with Crippen LogP contribution in [-0.2, 0) is 0 Å². The first-order chi connectivity index (χ1) is 12.1. The van der Waals surface area contributed by atoms with E-state index in [1.54, 1.807) is 30.9 Å². The van der Waals surface area contributed by atoms with Crippen molar-refractivity contribution in [1.29, 1.82) is 0 Å². The van der Waals surface area contributed by atoms with E-state index in [0.29, 0.717) is 10.4 Å². The largest absolute Gasteiger partial charge is 0.496 e. The third-order valence-corrected chi connectivity index (χ3v) is 5.19. The van der Waals surface area contributed by atoms with E-state index < -0.39 is 0 Å². The molecular weight excluding hydrogens is 338 g/mol. The number of carbonyl (C=O) groups excluding carboxylic acids is 2. The van der Waals surface area contributed by atoms with Crippen molar-refractivity contribution in [2.24, 2.45) is 0 Å². The number of nitrogens with one attached hydrogen (secondary N) is 2. The number of nitrogens with zero attached hydrogens (tertiary/aromatic N) is 1. The van der Waals surface area contributed by atoms with Crippen LogP contribution < -0.4 is 15.4 Å².